The van der Waals surface area contributed by atoms with E-state index in [9.17, 15) is 0 Å². The summed E-state index contributed by atoms with van der Waals surface area (Å²) in [6, 6.07) is 6.96. The van der Waals surface area contributed by atoms with Crippen molar-refractivity contribution in [3.63, 3.8) is 0 Å². The summed E-state index contributed by atoms with van der Waals surface area (Å²) >= 11 is 0. The van der Waals surface area contributed by atoms with Gasteiger partial charge in [-0.05, 0) is 30.2 Å². The van der Waals surface area contributed by atoms with Crippen molar-refractivity contribution >= 4 is 0 Å². The van der Waals surface area contributed by atoms with Crippen molar-refractivity contribution in [1.29, 1.82) is 5.26 Å². The summed E-state index contributed by atoms with van der Waals surface area (Å²) < 4.78 is 0. The predicted octanol–water partition coefficient (Wildman–Crippen LogP) is 0.859. The van der Waals surface area contributed by atoms with E-state index in [1.807, 2.05) is 13.0 Å². The Kier molecular flexibility index (Phi) is 3.02. The maximum absolute atomic E-state index is 8.85. The summed E-state index contributed by atoms with van der Waals surface area (Å²) in [4.78, 5) is 0. The van der Waals surface area contributed by atoms with E-state index in [4.69, 9.17) is 16.1 Å². The number of benzene rings is 1. The van der Waals surface area contributed by atoms with Crippen molar-refractivity contribution in [3.8, 4) is 6.07 Å². The fourth-order valence-electron chi connectivity index (χ4n) is 1.26. The van der Waals surface area contributed by atoms with Crippen LogP contribution in [0.5, 0.6) is 0 Å². The van der Waals surface area contributed by atoms with Gasteiger partial charge in [0.2, 0.25) is 0 Å². The minimum atomic E-state index is -0.354. The molecule has 0 bridgehead atoms. The molecule has 1 atom stereocenters. The summed E-state index contributed by atoms with van der Waals surface area (Å²) in [5.74, 6) is 0. The largest absolute Gasteiger partial charge is 0.394 e. The quantitative estimate of drug-likeness (QED) is 0.702. The second kappa shape index (κ2) is 4.04. The normalized spacial score (nSPS) is 12.2. The molecule has 3 heteroatoms. The number of hydrogen-bond donors (Lipinski definition) is 2. The Morgan fingerprint density at radius 1 is 1.62 bits per heavy atom. The van der Waals surface area contributed by atoms with E-state index in [-0.39, 0.29) is 12.6 Å². The van der Waals surface area contributed by atoms with E-state index < -0.39 is 0 Å². The van der Waals surface area contributed by atoms with Crippen LogP contribution in [-0.2, 0) is 0 Å². The molecule has 0 heterocycles. The molecular formula is C10H12N2O. The van der Waals surface area contributed by atoms with E-state index in [0.29, 0.717) is 5.56 Å². The van der Waals surface area contributed by atoms with Crippen LogP contribution in [0, 0.1) is 18.3 Å². The average molecular weight is 176 g/mol. The number of nitrogens with two attached hydrogens (primary N) is 1. The highest BCUT2D eigenvalue weighted by molar-refractivity contribution is 5.38. The topological polar surface area (TPSA) is 70.0 Å². The molecule has 3 N–H and O–H groups in total. The highest BCUT2D eigenvalue weighted by Gasteiger charge is 2.07. The van der Waals surface area contributed by atoms with Crippen LogP contribution < -0.4 is 5.73 Å². The Hall–Kier alpha value is -1.37. The van der Waals surface area contributed by atoms with Crippen LogP contribution in [0.3, 0.4) is 0 Å². The minimum Gasteiger partial charge on any atom is -0.394 e. The van der Waals surface area contributed by atoms with Gasteiger partial charge in [0.1, 0.15) is 0 Å². The van der Waals surface area contributed by atoms with Crippen LogP contribution in [0.25, 0.3) is 0 Å². The summed E-state index contributed by atoms with van der Waals surface area (Å²) in [5, 5.41) is 17.5. The van der Waals surface area contributed by atoms with Crippen LogP contribution >= 0.6 is 0 Å². The third-order valence-corrected chi connectivity index (χ3v) is 2.00. The first-order chi connectivity index (χ1) is 6.19. The number of hydrogen-bond acceptors (Lipinski definition) is 3. The number of rotatable bonds is 2. The Bertz CT molecular complexity index is 341. The van der Waals surface area contributed by atoms with Gasteiger partial charge in [-0.15, -0.1) is 0 Å². The van der Waals surface area contributed by atoms with Crippen LogP contribution in [-0.4, -0.2) is 11.7 Å². The molecule has 0 aromatic heterocycles. The first-order valence-corrected chi connectivity index (χ1v) is 4.06. The van der Waals surface area contributed by atoms with Crippen molar-refractivity contribution in [2.75, 3.05) is 6.61 Å². The van der Waals surface area contributed by atoms with E-state index in [1.165, 1.54) is 0 Å². The van der Waals surface area contributed by atoms with Crippen LogP contribution in [0.2, 0.25) is 0 Å². The molecule has 0 spiro atoms. The second-order valence-corrected chi connectivity index (χ2v) is 2.97. The smallest absolute Gasteiger partial charge is 0.0991 e. The lowest BCUT2D eigenvalue weighted by atomic mass is 10.0. The van der Waals surface area contributed by atoms with Gasteiger partial charge in [0, 0.05) is 0 Å². The lowest BCUT2D eigenvalue weighted by Crippen LogP contribution is -2.15. The lowest BCUT2D eigenvalue weighted by molar-refractivity contribution is 0.267. The molecule has 1 rings (SSSR count). The molecule has 68 valence electrons. The summed E-state index contributed by atoms with van der Waals surface area (Å²) in [5.41, 5.74) is 8.11. The molecule has 0 amide bonds. The van der Waals surface area contributed by atoms with Gasteiger partial charge in [-0.2, -0.15) is 5.26 Å². The van der Waals surface area contributed by atoms with Gasteiger partial charge < -0.3 is 10.8 Å². The third kappa shape index (κ3) is 2.05. The van der Waals surface area contributed by atoms with Crippen molar-refractivity contribution < 1.29 is 5.11 Å². The minimum absolute atomic E-state index is 0.0766. The van der Waals surface area contributed by atoms with Gasteiger partial charge >= 0.3 is 0 Å². The van der Waals surface area contributed by atoms with Gasteiger partial charge in [-0.1, -0.05) is 6.07 Å². The lowest BCUT2D eigenvalue weighted by Gasteiger charge is -2.11. The molecule has 0 radical (unpaired) electrons. The maximum atomic E-state index is 8.85. The van der Waals surface area contributed by atoms with E-state index in [1.54, 1.807) is 18.2 Å². The molecule has 1 aromatic carbocycles. The number of aryl methyl sites for hydroxylation is 1. The number of aliphatic hydroxyl groups excluding tert-OH is 1. The van der Waals surface area contributed by atoms with Crippen molar-refractivity contribution in [2.45, 2.75) is 13.0 Å². The molecule has 0 unspecified atom stereocenters. The molecular weight excluding hydrogens is 164 g/mol. The van der Waals surface area contributed by atoms with E-state index in [0.717, 1.165) is 11.1 Å². The fourth-order valence-corrected chi connectivity index (χ4v) is 1.26. The second-order valence-electron chi connectivity index (χ2n) is 2.97. The highest BCUT2D eigenvalue weighted by atomic mass is 16.3. The summed E-state index contributed by atoms with van der Waals surface area (Å²) in [7, 11) is 0. The number of aliphatic hydroxyl groups is 1. The van der Waals surface area contributed by atoms with Gasteiger partial charge in [0.05, 0.1) is 24.3 Å². The zero-order chi connectivity index (χ0) is 9.84. The highest BCUT2D eigenvalue weighted by Crippen LogP contribution is 2.16. The van der Waals surface area contributed by atoms with E-state index >= 15 is 0 Å². The molecule has 13 heavy (non-hydrogen) atoms. The first kappa shape index (κ1) is 9.72. The molecule has 0 saturated carbocycles. The summed E-state index contributed by atoms with van der Waals surface area (Å²) in [6.07, 6.45) is 0. The summed E-state index contributed by atoms with van der Waals surface area (Å²) in [6.45, 7) is 1.80. The zero-order valence-electron chi connectivity index (χ0n) is 7.49. The Morgan fingerprint density at radius 2 is 2.31 bits per heavy atom. The number of nitrogens with zero attached hydrogens (tertiary/aromatic N) is 1. The van der Waals surface area contributed by atoms with Gasteiger partial charge in [0.15, 0.2) is 0 Å². The van der Waals surface area contributed by atoms with Crippen LogP contribution in [0.1, 0.15) is 22.7 Å². The molecule has 0 saturated heterocycles. The molecule has 3 nitrogen and oxygen atoms in total. The third-order valence-electron chi connectivity index (χ3n) is 2.00. The molecule has 1 aromatic rings. The fraction of sp³-hybridized carbons (Fsp3) is 0.300. The SMILES string of the molecule is Cc1cc(C#N)ccc1[C@H](N)CO. The standard InChI is InChI=1S/C10H12N2O/c1-7-4-8(5-11)2-3-9(7)10(12)6-13/h2-4,10,13H,6,12H2,1H3/t10-/m1/s1. The van der Waals surface area contributed by atoms with Crippen molar-refractivity contribution in [2.24, 2.45) is 5.73 Å². The van der Waals surface area contributed by atoms with E-state index in [2.05, 4.69) is 0 Å². The monoisotopic (exact) mass is 176 g/mol. The van der Waals surface area contributed by atoms with Crippen molar-refractivity contribution in [3.05, 3.63) is 34.9 Å². The number of nitriles is 1. The Morgan fingerprint density at radius 3 is 2.77 bits per heavy atom. The van der Waals surface area contributed by atoms with Gasteiger partial charge in [0.25, 0.3) is 0 Å². The van der Waals surface area contributed by atoms with Crippen molar-refractivity contribution in [1.82, 2.24) is 0 Å². The van der Waals surface area contributed by atoms with Crippen LogP contribution in [0.15, 0.2) is 18.2 Å². The predicted molar refractivity (Wildman–Crippen MR) is 49.9 cm³/mol. The molecule has 0 aliphatic carbocycles. The van der Waals surface area contributed by atoms with Gasteiger partial charge in [-0.25, -0.2) is 0 Å². The average Bonchev–Trinajstić information content (AvgIpc) is 2.16. The van der Waals surface area contributed by atoms with Crippen LogP contribution in [0.4, 0.5) is 0 Å². The molecule has 0 aliphatic rings. The first-order valence-electron chi connectivity index (χ1n) is 4.06. The molecule has 0 fully saturated rings. The molecule has 0 aliphatic heterocycles. The zero-order valence-corrected chi connectivity index (χ0v) is 7.49. The Balaban J connectivity index is 3.07. The maximum Gasteiger partial charge on any atom is 0.0991 e. The van der Waals surface area contributed by atoms with Gasteiger partial charge in [-0.3, -0.25) is 0 Å². The Labute approximate surface area is 77.4 Å².